The van der Waals surface area contributed by atoms with Gasteiger partial charge in [0.15, 0.2) is 0 Å². The average Bonchev–Trinajstić information content (AvgIpc) is 3.93. The maximum atomic E-state index is 3.97. The van der Waals surface area contributed by atoms with E-state index >= 15 is 0 Å². The van der Waals surface area contributed by atoms with Crippen molar-refractivity contribution in [2.75, 3.05) is 0 Å². The minimum atomic E-state index is -0.738. The molecule has 0 N–H and O–H groups in total. The second-order valence-corrected chi connectivity index (χ2v) is 15.5. The maximum absolute atomic E-state index is 3.97. The number of fused-ring (bicyclic) bond motifs is 10. The van der Waals surface area contributed by atoms with Gasteiger partial charge in [-0.2, -0.15) is 0 Å². The molecule has 2 aromatic heterocycles. The summed E-state index contributed by atoms with van der Waals surface area (Å²) < 4.78 is 4.88. The summed E-state index contributed by atoms with van der Waals surface area (Å²) in [6, 6.07) is 79.1. The van der Waals surface area contributed by atoms with Crippen LogP contribution in [0.5, 0.6) is 0 Å². The summed E-state index contributed by atoms with van der Waals surface area (Å²) in [4.78, 5) is 0. The third-order valence-corrected chi connectivity index (χ3v) is 12.3. The highest BCUT2D eigenvalue weighted by atomic mass is 15.0. The third-order valence-electron chi connectivity index (χ3n) is 12.3. The smallest absolute Gasteiger partial charge is 0.108 e. The Bertz CT molecular complexity index is 3490. The predicted octanol–water partition coefficient (Wildman–Crippen LogP) is 13.9. The van der Waals surface area contributed by atoms with Crippen LogP contribution in [0.25, 0.3) is 77.2 Å². The largest absolute Gasteiger partial charge is 0.309 e. The van der Waals surface area contributed by atoms with Gasteiger partial charge in [-0.1, -0.05) is 164 Å². The second kappa shape index (κ2) is 13.1. The Hall–Kier alpha value is -7.86. The molecule has 0 amide bonds. The Balaban J connectivity index is 1.16. The Morgan fingerprint density at radius 2 is 0.915 bits per heavy atom. The van der Waals surface area contributed by atoms with Crippen LogP contribution in [0.15, 0.2) is 218 Å². The van der Waals surface area contributed by atoms with E-state index in [2.05, 4.69) is 239 Å². The van der Waals surface area contributed by atoms with Crippen molar-refractivity contribution in [3.05, 3.63) is 241 Å². The lowest BCUT2D eigenvalue weighted by Gasteiger charge is -2.28. The number of para-hydroxylation sites is 3. The molecule has 1 aliphatic rings. The summed E-state index contributed by atoms with van der Waals surface area (Å²) in [5.74, 6) is 7.64. The zero-order valence-electron chi connectivity index (χ0n) is 32.2. The van der Waals surface area contributed by atoms with Gasteiger partial charge in [-0.15, -0.1) is 0 Å². The molecule has 11 aromatic rings. The molecule has 9 aromatic carbocycles. The molecule has 0 saturated heterocycles. The van der Waals surface area contributed by atoms with E-state index in [0.717, 1.165) is 22.5 Å². The summed E-state index contributed by atoms with van der Waals surface area (Å²) in [7, 11) is 0. The van der Waals surface area contributed by atoms with Gasteiger partial charge in [0.25, 0.3) is 0 Å². The Labute approximate surface area is 342 Å². The lowest BCUT2D eigenvalue weighted by Crippen LogP contribution is -2.25. The fourth-order valence-corrected chi connectivity index (χ4v) is 9.83. The van der Waals surface area contributed by atoms with Gasteiger partial charge >= 0.3 is 0 Å². The van der Waals surface area contributed by atoms with E-state index in [9.17, 15) is 0 Å². The molecule has 1 unspecified atom stereocenters. The van der Waals surface area contributed by atoms with Crippen molar-refractivity contribution in [3.8, 4) is 45.5 Å². The molecule has 0 spiro atoms. The van der Waals surface area contributed by atoms with E-state index in [0.29, 0.717) is 0 Å². The summed E-state index contributed by atoms with van der Waals surface area (Å²) in [6.07, 6.45) is 0. The van der Waals surface area contributed by atoms with Gasteiger partial charge in [0.2, 0.25) is 0 Å². The van der Waals surface area contributed by atoms with E-state index in [1.807, 2.05) is 0 Å². The molecule has 0 saturated carbocycles. The zero-order valence-corrected chi connectivity index (χ0v) is 32.2. The number of aromatic nitrogens is 2. The Morgan fingerprint density at radius 1 is 0.356 bits per heavy atom. The van der Waals surface area contributed by atoms with Crippen LogP contribution >= 0.6 is 0 Å². The molecule has 0 aliphatic heterocycles. The normalized spacial score (nSPS) is 14.4. The van der Waals surface area contributed by atoms with Crippen molar-refractivity contribution in [3.63, 3.8) is 0 Å². The highest BCUT2D eigenvalue weighted by molar-refractivity contribution is 6.28. The number of nitrogens with zero attached hydrogens (tertiary/aromatic N) is 2. The molecule has 0 bridgehead atoms. The molecular formula is C57H36N2. The minimum absolute atomic E-state index is 0.738. The quantitative estimate of drug-likeness (QED) is 0.159. The van der Waals surface area contributed by atoms with Crippen molar-refractivity contribution < 1.29 is 0 Å². The van der Waals surface area contributed by atoms with Crippen molar-refractivity contribution in [2.24, 2.45) is 0 Å². The SMILES string of the molecule is C(#CC1(c2cccc(-c3ccccc3)c2)c2ccccc2-c2ccc(-n3c4ccccc4c4c5c6ccccc6n(-c6ccccc6)c5ccc43)cc21)c1ccccc1. The van der Waals surface area contributed by atoms with Crippen molar-refractivity contribution >= 4 is 43.6 Å². The molecular weight excluding hydrogens is 713 g/mol. The molecule has 1 atom stereocenters. The van der Waals surface area contributed by atoms with Crippen LogP contribution < -0.4 is 0 Å². The first-order valence-electron chi connectivity index (χ1n) is 20.3. The van der Waals surface area contributed by atoms with Gasteiger partial charge in [0.05, 0.1) is 22.1 Å². The minimum Gasteiger partial charge on any atom is -0.309 e. The fraction of sp³-hybridized carbons (Fsp3) is 0.0175. The molecule has 0 fully saturated rings. The van der Waals surface area contributed by atoms with Crippen LogP contribution in [0.2, 0.25) is 0 Å². The van der Waals surface area contributed by atoms with Crippen LogP contribution in [-0.2, 0) is 5.41 Å². The summed E-state index contributed by atoms with van der Waals surface area (Å²) in [6.45, 7) is 0. The number of rotatable bonds is 4. The average molecular weight is 749 g/mol. The fourth-order valence-electron chi connectivity index (χ4n) is 9.83. The lowest BCUT2D eigenvalue weighted by atomic mass is 9.72. The monoisotopic (exact) mass is 748 g/mol. The molecule has 2 nitrogen and oxygen atoms in total. The van der Waals surface area contributed by atoms with Crippen LogP contribution in [0.1, 0.15) is 22.3 Å². The number of hydrogen-bond acceptors (Lipinski definition) is 0. The third kappa shape index (κ3) is 4.95. The van der Waals surface area contributed by atoms with Crippen LogP contribution in [-0.4, -0.2) is 9.13 Å². The topological polar surface area (TPSA) is 9.86 Å². The van der Waals surface area contributed by atoms with Gasteiger partial charge in [-0.05, 0) is 106 Å². The molecule has 59 heavy (non-hydrogen) atoms. The molecule has 0 radical (unpaired) electrons. The molecule has 1 aliphatic carbocycles. The first-order valence-corrected chi connectivity index (χ1v) is 20.3. The van der Waals surface area contributed by atoms with Gasteiger partial charge in [0.1, 0.15) is 5.41 Å². The molecule has 2 heterocycles. The number of benzene rings is 9. The van der Waals surface area contributed by atoms with E-state index in [1.54, 1.807) is 0 Å². The van der Waals surface area contributed by atoms with Crippen molar-refractivity contribution in [1.29, 1.82) is 0 Å². The molecule has 12 rings (SSSR count). The first-order chi connectivity index (χ1) is 29.3. The van der Waals surface area contributed by atoms with Gasteiger partial charge in [0, 0.05) is 38.5 Å². The Morgan fingerprint density at radius 3 is 1.63 bits per heavy atom. The molecule has 2 heteroatoms. The summed E-state index contributed by atoms with van der Waals surface area (Å²) in [5.41, 5.74) is 15.6. The summed E-state index contributed by atoms with van der Waals surface area (Å²) in [5, 5.41) is 5.01. The second-order valence-electron chi connectivity index (χ2n) is 15.5. The summed E-state index contributed by atoms with van der Waals surface area (Å²) >= 11 is 0. The van der Waals surface area contributed by atoms with E-state index in [-0.39, 0.29) is 0 Å². The zero-order chi connectivity index (χ0) is 38.9. The van der Waals surface area contributed by atoms with Gasteiger partial charge in [-0.25, -0.2) is 0 Å². The Kier molecular flexibility index (Phi) is 7.39. The maximum Gasteiger partial charge on any atom is 0.108 e. The van der Waals surface area contributed by atoms with Crippen molar-refractivity contribution in [1.82, 2.24) is 9.13 Å². The standard InChI is InChI=1S/C57H36N2/c1-4-17-39(18-5-1)35-36-57(42-22-16-21-41(37-42)40-19-6-2-7-20-40)49-28-13-10-25-45(49)46-32-31-44(38-50(46)57)59-52-30-15-12-27-48(52)56-54(59)34-33-53-55(56)47-26-11-14-29-51(47)58(53)43-23-8-3-9-24-43/h1-34,37-38H. The van der Waals surface area contributed by atoms with Crippen LogP contribution in [0.4, 0.5) is 0 Å². The predicted molar refractivity (Wildman–Crippen MR) is 246 cm³/mol. The van der Waals surface area contributed by atoms with E-state index in [1.165, 1.54) is 77.0 Å². The number of hydrogen-bond donors (Lipinski definition) is 0. The highest BCUT2D eigenvalue weighted by Crippen LogP contribution is 2.54. The first kappa shape index (κ1) is 33.3. The van der Waals surface area contributed by atoms with Gasteiger partial charge in [-0.3, -0.25) is 0 Å². The van der Waals surface area contributed by atoms with Gasteiger partial charge < -0.3 is 9.13 Å². The van der Waals surface area contributed by atoms with E-state index < -0.39 is 5.41 Å². The molecule has 274 valence electrons. The van der Waals surface area contributed by atoms with Crippen molar-refractivity contribution in [2.45, 2.75) is 5.41 Å². The van der Waals surface area contributed by atoms with Crippen LogP contribution in [0, 0.1) is 11.8 Å². The lowest BCUT2D eigenvalue weighted by molar-refractivity contribution is 0.836. The van der Waals surface area contributed by atoms with E-state index in [4.69, 9.17) is 0 Å². The highest BCUT2D eigenvalue weighted by Gasteiger charge is 2.44. The van der Waals surface area contributed by atoms with Crippen LogP contribution in [0.3, 0.4) is 0 Å².